The van der Waals surface area contributed by atoms with Crippen LogP contribution in [-0.2, 0) is 13.0 Å². The lowest BCUT2D eigenvalue weighted by atomic mass is 10.1. The van der Waals surface area contributed by atoms with E-state index in [-0.39, 0.29) is 24.0 Å². The number of para-hydroxylation sites is 1. The molecular weight excluding hydrogens is 421 g/mol. The smallest absolute Gasteiger partial charge is 0.191 e. The number of aliphatic imine (C=N–C) groups is 1. The minimum atomic E-state index is 0. The maximum Gasteiger partial charge on any atom is 0.191 e. The molecule has 1 aromatic heterocycles. The number of rotatable bonds is 6. The first-order valence-corrected chi connectivity index (χ1v) is 8.16. The van der Waals surface area contributed by atoms with Crippen LogP contribution in [0.3, 0.4) is 0 Å². The van der Waals surface area contributed by atoms with Crippen molar-refractivity contribution in [1.29, 1.82) is 0 Å². The summed E-state index contributed by atoms with van der Waals surface area (Å²) in [5.41, 5.74) is 1.20. The number of halogens is 1. The van der Waals surface area contributed by atoms with Crippen molar-refractivity contribution in [2.45, 2.75) is 19.9 Å². The van der Waals surface area contributed by atoms with Gasteiger partial charge in [-0.3, -0.25) is 4.99 Å². The molecule has 1 aromatic carbocycles. The number of guanidine groups is 1. The largest absolute Gasteiger partial charge is 0.496 e. The van der Waals surface area contributed by atoms with E-state index in [0.29, 0.717) is 0 Å². The predicted molar refractivity (Wildman–Crippen MR) is 109 cm³/mol. The lowest BCUT2D eigenvalue weighted by Crippen LogP contribution is -2.37. The molecule has 2 rings (SSSR count). The van der Waals surface area contributed by atoms with E-state index in [4.69, 9.17) is 4.74 Å². The lowest BCUT2D eigenvalue weighted by molar-refractivity contribution is 0.409. The van der Waals surface area contributed by atoms with Crippen LogP contribution in [0.1, 0.15) is 15.3 Å². The summed E-state index contributed by atoms with van der Waals surface area (Å²) in [4.78, 5) is 6.89. The number of hydrogen-bond acceptors (Lipinski definition) is 3. The van der Waals surface area contributed by atoms with Crippen molar-refractivity contribution in [3.63, 3.8) is 0 Å². The average Bonchev–Trinajstić information content (AvgIpc) is 2.96. The van der Waals surface area contributed by atoms with Crippen LogP contribution in [0.4, 0.5) is 0 Å². The summed E-state index contributed by atoms with van der Waals surface area (Å²) < 4.78 is 5.36. The van der Waals surface area contributed by atoms with Gasteiger partial charge in [-0.15, -0.1) is 35.3 Å². The van der Waals surface area contributed by atoms with Crippen molar-refractivity contribution >= 4 is 41.3 Å². The molecule has 0 unspecified atom stereocenters. The lowest BCUT2D eigenvalue weighted by Gasteiger charge is -2.12. The first-order valence-electron chi connectivity index (χ1n) is 7.34. The number of benzene rings is 1. The first kappa shape index (κ1) is 19.8. The second kappa shape index (κ2) is 10.5. The molecule has 23 heavy (non-hydrogen) atoms. The SMILES string of the molecule is CN=C(NCCc1ccccc1OC)NCc1ccc(C)s1.I. The molecule has 0 saturated carbocycles. The fourth-order valence-corrected chi connectivity index (χ4v) is 3.03. The highest BCUT2D eigenvalue weighted by Gasteiger charge is 2.03. The van der Waals surface area contributed by atoms with Crippen molar-refractivity contribution in [1.82, 2.24) is 10.6 Å². The summed E-state index contributed by atoms with van der Waals surface area (Å²) in [6, 6.07) is 12.4. The molecule has 1 heterocycles. The molecule has 0 amide bonds. The molecule has 0 radical (unpaired) electrons. The van der Waals surface area contributed by atoms with Crippen molar-refractivity contribution in [3.8, 4) is 5.75 Å². The van der Waals surface area contributed by atoms with Gasteiger partial charge in [0.1, 0.15) is 5.75 Å². The summed E-state index contributed by atoms with van der Waals surface area (Å²) in [5, 5.41) is 6.67. The standard InChI is InChI=1S/C17H23N3OS.HI/c1-13-8-9-15(22-13)12-20-17(18-2)19-11-10-14-6-4-5-7-16(14)21-3;/h4-9H,10-12H2,1-3H3,(H2,18,19,20);1H. The fraction of sp³-hybridized carbons (Fsp3) is 0.353. The first-order chi connectivity index (χ1) is 10.7. The van der Waals surface area contributed by atoms with Gasteiger partial charge >= 0.3 is 0 Å². The Morgan fingerprint density at radius 1 is 1.17 bits per heavy atom. The molecule has 0 aliphatic heterocycles. The Kier molecular flexibility index (Phi) is 9.01. The Bertz CT molecular complexity index is 628. The van der Waals surface area contributed by atoms with Crippen LogP contribution in [0.5, 0.6) is 5.75 Å². The van der Waals surface area contributed by atoms with Crippen LogP contribution in [0.15, 0.2) is 41.4 Å². The highest BCUT2D eigenvalue weighted by molar-refractivity contribution is 14.0. The Hall–Kier alpha value is -1.28. The van der Waals surface area contributed by atoms with Gasteiger partial charge in [0, 0.05) is 23.3 Å². The molecule has 6 heteroatoms. The van der Waals surface area contributed by atoms with E-state index in [1.54, 1.807) is 25.5 Å². The summed E-state index contributed by atoms with van der Waals surface area (Å²) in [5.74, 6) is 1.75. The van der Waals surface area contributed by atoms with Crippen LogP contribution in [0.2, 0.25) is 0 Å². The molecule has 0 saturated heterocycles. The molecule has 0 aliphatic carbocycles. The molecule has 0 spiro atoms. The highest BCUT2D eigenvalue weighted by Crippen LogP contribution is 2.17. The molecular formula is C17H24IN3OS. The Labute approximate surface area is 159 Å². The number of thiophene rings is 1. The molecule has 0 bridgehead atoms. The molecule has 0 atom stereocenters. The van der Waals surface area contributed by atoms with Gasteiger partial charge in [0.25, 0.3) is 0 Å². The van der Waals surface area contributed by atoms with Gasteiger partial charge < -0.3 is 15.4 Å². The quantitative estimate of drug-likeness (QED) is 0.406. The molecule has 126 valence electrons. The third kappa shape index (κ3) is 6.39. The zero-order valence-electron chi connectivity index (χ0n) is 13.8. The molecule has 2 aromatic rings. The van der Waals surface area contributed by atoms with Gasteiger partial charge in [-0.2, -0.15) is 0 Å². The summed E-state index contributed by atoms with van der Waals surface area (Å²) in [6.45, 7) is 3.73. The molecule has 4 nitrogen and oxygen atoms in total. The minimum Gasteiger partial charge on any atom is -0.496 e. The maximum atomic E-state index is 5.36. The van der Waals surface area contributed by atoms with E-state index in [9.17, 15) is 0 Å². The zero-order valence-corrected chi connectivity index (χ0v) is 16.9. The van der Waals surface area contributed by atoms with E-state index in [2.05, 4.69) is 40.7 Å². The van der Waals surface area contributed by atoms with Crippen LogP contribution >= 0.6 is 35.3 Å². The highest BCUT2D eigenvalue weighted by atomic mass is 127. The van der Waals surface area contributed by atoms with Gasteiger partial charge in [0.15, 0.2) is 5.96 Å². The van der Waals surface area contributed by atoms with E-state index in [1.807, 2.05) is 18.2 Å². The van der Waals surface area contributed by atoms with Crippen LogP contribution in [0, 0.1) is 6.92 Å². The van der Waals surface area contributed by atoms with Crippen molar-refractivity contribution < 1.29 is 4.74 Å². The maximum absolute atomic E-state index is 5.36. The minimum absolute atomic E-state index is 0. The summed E-state index contributed by atoms with van der Waals surface area (Å²) in [7, 11) is 3.49. The van der Waals surface area contributed by atoms with Crippen molar-refractivity contribution in [2.24, 2.45) is 4.99 Å². The summed E-state index contributed by atoms with van der Waals surface area (Å²) in [6.07, 6.45) is 0.892. The monoisotopic (exact) mass is 445 g/mol. The van der Waals surface area contributed by atoms with E-state index >= 15 is 0 Å². The van der Waals surface area contributed by atoms with E-state index in [0.717, 1.165) is 31.2 Å². The second-order valence-corrected chi connectivity index (χ2v) is 6.30. The zero-order chi connectivity index (χ0) is 15.8. The molecule has 0 fully saturated rings. The number of aryl methyl sites for hydroxylation is 1. The van der Waals surface area contributed by atoms with Gasteiger partial charge in [-0.25, -0.2) is 0 Å². The third-order valence-corrected chi connectivity index (χ3v) is 4.33. The van der Waals surface area contributed by atoms with Gasteiger partial charge in [-0.05, 0) is 37.1 Å². The topological polar surface area (TPSA) is 45.7 Å². The second-order valence-electron chi connectivity index (χ2n) is 4.93. The van der Waals surface area contributed by atoms with Gasteiger partial charge in [-0.1, -0.05) is 18.2 Å². The number of hydrogen-bond donors (Lipinski definition) is 2. The van der Waals surface area contributed by atoms with Crippen LogP contribution in [-0.4, -0.2) is 26.7 Å². The fourth-order valence-electron chi connectivity index (χ4n) is 2.20. The number of nitrogens with one attached hydrogen (secondary N) is 2. The van der Waals surface area contributed by atoms with E-state index in [1.165, 1.54) is 15.3 Å². The Morgan fingerprint density at radius 3 is 2.61 bits per heavy atom. The molecule has 0 aliphatic rings. The Morgan fingerprint density at radius 2 is 1.96 bits per heavy atom. The summed E-state index contributed by atoms with van der Waals surface area (Å²) >= 11 is 1.80. The predicted octanol–water partition coefficient (Wildman–Crippen LogP) is 3.59. The van der Waals surface area contributed by atoms with Crippen molar-refractivity contribution in [2.75, 3.05) is 20.7 Å². The van der Waals surface area contributed by atoms with E-state index < -0.39 is 0 Å². The van der Waals surface area contributed by atoms with Gasteiger partial charge in [0.05, 0.1) is 13.7 Å². The van der Waals surface area contributed by atoms with Crippen molar-refractivity contribution in [3.05, 3.63) is 51.7 Å². The van der Waals surface area contributed by atoms with Gasteiger partial charge in [0.2, 0.25) is 0 Å². The third-order valence-electron chi connectivity index (χ3n) is 3.33. The number of nitrogens with zero attached hydrogens (tertiary/aromatic N) is 1. The van der Waals surface area contributed by atoms with Crippen LogP contribution < -0.4 is 15.4 Å². The molecule has 2 N–H and O–H groups in total. The average molecular weight is 445 g/mol. The normalized spacial score (nSPS) is 10.8. The Balaban J connectivity index is 0.00000264. The van der Waals surface area contributed by atoms with Crippen LogP contribution in [0.25, 0.3) is 0 Å². The number of methoxy groups -OCH3 is 1. The number of ether oxygens (including phenoxy) is 1.